The van der Waals surface area contributed by atoms with Crippen molar-refractivity contribution in [2.45, 2.75) is 25.8 Å². The molecule has 3 nitrogen and oxygen atoms in total. The molecule has 1 atom stereocenters. The normalized spacial score (nSPS) is 12.3. The molecule has 1 unspecified atom stereocenters. The van der Waals surface area contributed by atoms with Crippen molar-refractivity contribution in [3.05, 3.63) is 58.3 Å². The first-order valence-electron chi connectivity index (χ1n) is 6.63. The Morgan fingerprint density at radius 1 is 1.30 bits per heavy atom. The van der Waals surface area contributed by atoms with Gasteiger partial charge in [-0.2, -0.15) is 0 Å². The lowest BCUT2D eigenvalue weighted by atomic mass is 10.0. The van der Waals surface area contributed by atoms with Crippen LogP contribution in [0.15, 0.2) is 41.4 Å². The van der Waals surface area contributed by atoms with E-state index in [4.69, 9.17) is 0 Å². The first-order chi connectivity index (χ1) is 9.70. The van der Waals surface area contributed by atoms with Crippen LogP contribution in [-0.2, 0) is 6.42 Å². The molecule has 0 radical (unpaired) electrons. The third-order valence-electron chi connectivity index (χ3n) is 3.06. The maximum absolute atomic E-state index is 13.4. The molecule has 1 aromatic carbocycles. The van der Waals surface area contributed by atoms with E-state index >= 15 is 0 Å². The Morgan fingerprint density at radius 2 is 2.05 bits per heavy atom. The summed E-state index contributed by atoms with van der Waals surface area (Å²) in [5.74, 6) is -0.221. The molecule has 1 heterocycles. The predicted molar refractivity (Wildman–Crippen MR) is 80.9 cm³/mol. The van der Waals surface area contributed by atoms with Gasteiger partial charge < -0.3 is 5.32 Å². The van der Waals surface area contributed by atoms with E-state index in [0.29, 0.717) is 6.42 Å². The summed E-state index contributed by atoms with van der Waals surface area (Å²) < 4.78 is 14.3. The van der Waals surface area contributed by atoms with Crippen LogP contribution in [-0.4, -0.2) is 16.5 Å². The lowest BCUT2D eigenvalue weighted by molar-refractivity contribution is 0.523. The van der Waals surface area contributed by atoms with Gasteiger partial charge in [0.1, 0.15) is 12.1 Å². The molecule has 0 fully saturated rings. The number of aromatic nitrogens is 2. The van der Waals surface area contributed by atoms with E-state index in [1.165, 1.54) is 12.4 Å². The Hall–Kier alpha value is -1.33. The summed E-state index contributed by atoms with van der Waals surface area (Å²) in [6.07, 6.45) is 6.83. The van der Waals surface area contributed by atoms with E-state index in [9.17, 15) is 4.39 Å². The van der Waals surface area contributed by atoms with Crippen LogP contribution in [0.3, 0.4) is 0 Å². The van der Waals surface area contributed by atoms with Crippen LogP contribution in [0, 0.1) is 5.82 Å². The Balaban J connectivity index is 2.21. The summed E-state index contributed by atoms with van der Waals surface area (Å²) >= 11 is 3.47. The molecule has 1 N–H and O–H groups in total. The van der Waals surface area contributed by atoms with E-state index in [2.05, 4.69) is 38.1 Å². The zero-order valence-electron chi connectivity index (χ0n) is 11.3. The molecular formula is C15H17BrFN3. The van der Waals surface area contributed by atoms with Crippen molar-refractivity contribution in [1.29, 1.82) is 0 Å². The van der Waals surface area contributed by atoms with Gasteiger partial charge in [-0.15, -0.1) is 0 Å². The van der Waals surface area contributed by atoms with Crippen molar-refractivity contribution in [3.8, 4) is 0 Å². The highest BCUT2D eigenvalue weighted by Crippen LogP contribution is 2.24. The molecule has 0 amide bonds. The first kappa shape index (κ1) is 15.1. The number of hydrogen-bond acceptors (Lipinski definition) is 3. The lowest BCUT2D eigenvalue weighted by Crippen LogP contribution is -2.24. The highest BCUT2D eigenvalue weighted by molar-refractivity contribution is 9.10. The van der Waals surface area contributed by atoms with Crippen LogP contribution < -0.4 is 5.32 Å². The summed E-state index contributed by atoms with van der Waals surface area (Å²) in [6.45, 7) is 3.01. The summed E-state index contributed by atoms with van der Waals surface area (Å²) in [7, 11) is 0. The molecule has 0 saturated carbocycles. The van der Waals surface area contributed by atoms with Crippen LogP contribution in [0.4, 0.5) is 4.39 Å². The molecule has 0 aliphatic carbocycles. The highest BCUT2D eigenvalue weighted by Gasteiger charge is 2.14. The van der Waals surface area contributed by atoms with E-state index in [0.717, 1.165) is 28.6 Å². The van der Waals surface area contributed by atoms with Gasteiger partial charge in [-0.05, 0) is 43.1 Å². The maximum Gasteiger partial charge on any atom is 0.123 e. The van der Waals surface area contributed by atoms with Crippen LogP contribution >= 0.6 is 15.9 Å². The molecule has 0 aliphatic heterocycles. The lowest BCUT2D eigenvalue weighted by Gasteiger charge is -2.19. The average Bonchev–Trinajstić information content (AvgIpc) is 2.48. The number of rotatable bonds is 6. The molecule has 1 aromatic heterocycles. The molecule has 5 heteroatoms. The van der Waals surface area contributed by atoms with Crippen molar-refractivity contribution in [3.63, 3.8) is 0 Å². The van der Waals surface area contributed by atoms with E-state index in [-0.39, 0.29) is 11.9 Å². The average molecular weight is 338 g/mol. The fraction of sp³-hybridized carbons (Fsp3) is 0.333. The predicted octanol–water partition coefficient (Wildman–Crippen LogP) is 3.66. The van der Waals surface area contributed by atoms with Gasteiger partial charge in [-0.1, -0.05) is 22.9 Å². The molecular weight excluding hydrogens is 321 g/mol. The monoisotopic (exact) mass is 337 g/mol. The topological polar surface area (TPSA) is 37.8 Å². The molecule has 0 bridgehead atoms. The Bertz CT molecular complexity index is 548. The molecule has 2 rings (SSSR count). The molecule has 2 aromatic rings. The fourth-order valence-corrected chi connectivity index (χ4v) is 2.45. The Morgan fingerprint density at radius 3 is 2.75 bits per heavy atom. The fourth-order valence-electron chi connectivity index (χ4n) is 2.04. The van der Waals surface area contributed by atoms with Gasteiger partial charge in [0.25, 0.3) is 0 Å². The van der Waals surface area contributed by atoms with Gasteiger partial charge >= 0.3 is 0 Å². The summed E-state index contributed by atoms with van der Waals surface area (Å²) in [5, 5.41) is 3.46. The van der Waals surface area contributed by atoms with Crippen molar-refractivity contribution < 1.29 is 4.39 Å². The van der Waals surface area contributed by atoms with Crippen molar-refractivity contribution in [1.82, 2.24) is 15.3 Å². The number of benzene rings is 1. The third-order valence-corrected chi connectivity index (χ3v) is 3.83. The number of halogens is 2. The minimum atomic E-state index is -0.221. The Labute approximate surface area is 126 Å². The van der Waals surface area contributed by atoms with Gasteiger partial charge in [0.05, 0.1) is 0 Å². The van der Waals surface area contributed by atoms with Gasteiger partial charge in [-0.25, -0.2) is 14.4 Å². The second kappa shape index (κ2) is 7.45. The minimum Gasteiger partial charge on any atom is -0.310 e. The zero-order valence-corrected chi connectivity index (χ0v) is 12.9. The van der Waals surface area contributed by atoms with Crippen molar-refractivity contribution >= 4 is 15.9 Å². The molecule has 106 valence electrons. The minimum absolute atomic E-state index is 0.0780. The quantitative estimate of drug-likeness (QED) is 0.873. The number of nitrogens with one attached hydrogen (secondary N) is 1. The van der Waals surface area contributed by atoms with Gasteiger partial charge in [-0.3, -0.25) is 0 Å². The largest absolute Gasteiger partial charge is 0.310 e. The van der Waals surface area contributed by atoms with Crippen molar-refractivity contribution in [2.75, 3.05) is 6.54 Å². The maximum atomic E-state index is 13.4. The van der Waals surface area contributed by atoms with Crippen LogP contribution in [0.5, 0.6) is 0 Å². The molecule has 0 spiro atoms. The molecule has 0 aliphatic rings. The summed E-state index contributed by atoms with van der Waals surface area (Å²) in [5.41, 5.74) is 1.94. The standard InChI is InChI=1S/C15H17BrFN3/c1-2-5-20-15(12-8-18-10-19-9-12)7-11-6-13(17)3-4-14(11)16/h3-4,6,8-10,15,20H,2,5,7H2,1H3. The zero-order chi connectivity index (χ0) is 14.4. The smallest absolute Gasteiger partial charge is 0.123 e. The van der Waals surface area contributed by atoms with Crippen LogP contribution in [0.1, 0.15) is 30.5 Å². The Kier molecular flexibility index (Phi) is 5.61. The number of hydrogen-bond donors (Lipinski definition) is 1. The van der Waals surface area contributed by atoms with Crippen molar-refractivity contribution in [2.24, 2.45) is 0 Å². The van der Waals surface area contributed by atoms with Gasteiger partial charge in [0, 0.05) is 28.5 Å². The van der Waals surface area contributed by atoms with Gasteiger partial charge in [0.2, 0.25) is 0 Å². The summed E-state index contributed by atoms with van der Waals surface area (Å²) in [4.78, 5) is 8.12. The highest BCUT2D eigenvalue weighted by atomic mass is 79.9. The second-order valence-corrected chi connectivity index (χ2v) is 5.47. The first-order valence-corrected chi connectivity index (χ1v) is 7.42. The molecule has 0 saturated heterocycles. The van der Waals surface area contributed by atoms with E-state index < -0.39 is 0 Å². The SMILES string of the molecule is CCCNC(Cc1cc(F)ccc1Br)c1cncnc1. The van der Waals surface area contributed by atoms with E-state index in [1.807, 2.05) is 0 Å². The second-order valence-electron chi connectivity index (χ2n) is 4.62. The van der Waals surface area contributed by atoms with Crippen LogP contribution in [0.25, 0.3) is 0 Å². The third kappa shape index (κ3) is 4.08. The van der Waals surface area contributed by atoms with Gasteiger partial charge in [0.15, 0.2) is 0 Å². The van der Waals surface area contributed by atoms with E-state index in [1.54, 1.807) is 24.5 Å². The summed E-state index contributed by atoms with van der Waals surface area (Å²) in [6, 6.07) is 4.83. The molecule has 20 heavy (non-hydrogen) atoms. The van der Waals surface area contributed by atoms with Crippen LogP contribution in [0.2, 0.25) is 0 Å². The number of nitrogens with zero attached hydrogens (tertiary/aromatic N) is 2.